The Morgan fingerprint density at radius 2 is 1.79 bits per heavy atom. The number of rotatable bonds is 4. The van der Waals surface area contributed by atoms with Gasteiger partial charge in [0.2, 0.25) is 5.76 Å². The topological polar surface area (TPSA) is 95.4 Å². The quantitative estimate of drug-likeness (QED) is 0.468. The predicted molar refractivity (Wildman–Crippen MR) is 123 cm³/mol. The molecule has 0 radical (unpaired) electrons. The number of halogens is 1. The minimum absolute atomic E-state index is 0.0517. The van der Waals surface area contributed by atoms with E-state index in [0.717, 1.165) is 10.9 Å². The summed E-state index contributed by atoms with van der Waals surface area (Å²) >= 11 is 0. The molecule has 5 rings (SSSR count). The van der Waals surface area contributed by atoms with Crippen molar-refractivity contribution in [1.82, 2.24) is 14.6 Å². The van der Waals surface area contributed by atoms with Crippen LogP contribution in [0.3, 0.4) is 0 Å². The van der Waals surface area contributed by atoms with Crippen LogP contribution >= 0.6 is 0 Å². The highest BCUT2D eigenvalue weighted by molar-refractivity contribution is 5.95. The second-order valence-electron chi connectivity index (χ2n) is 8.03. The number of carbonyl (C=O) groups excluding carboxylic acids is 1. The molecule has 8 nitrogen and oxygen atoms in total. The predicted octanol–water partition coefficient (Wildman–Crippen LogP) is 3.01. The zero-order chi connectivity index (χ0) is 23.7. The van der Waals surface area contributed by atoms with Gasteiger partial charge in [-0.15, -0.1) is 0 Å². The van der Waals surface area contributed by atoms with Gasteiger partial charge in [0.1, 0.15) is 17.4 Å². The zero-order valence-corrected chi connectivity index (χ0v) is 18.1. The van der Waals surface area contributed by atoms with Crippen molar-refractivity contribution >= 4 is 22.5 Å². The number of carbonyl (C=O) groups is 1. The SMILES string of the molecule is N#Cc1c(N2CCN(C(=O)c3ccno3)CC2)c2ccccc2n(Cc2ccc(F)cc2)c1=O. The number of amides is 1. The van der Waals surface area contributed by atoms with E-state index in [1.54, 1.807) is 21.6 Å². The van der Waals surface area contributed by atoms with Crippen molar-refractivity contribution in [3.8, 4) is 6.07 Å². The first-order valence-electron chi connectivity index (χ1n) is 10.8. The molecule has 170 valence electrons. The summed E-state index contributed by atoms with van der Waals surface area (Å²) in [5, 5.41) is 14.3. The van der Waals surface area contributed by atoms with Crippen LogP contribution in [0.25, 0.3) is 10.9 Å². The van der Waals surface area contributed by atoms with Crippen LogP contribution in [-0.4, -0.2) is 46.7 Å². The Hall–Kier alpha value is -4.45. The summed E-state index contributed by atoms with van der Waals surface area (Å²) in [5.74, 6) is -0.410. The van der Waals surface area contributed by atoms with Crippen LogP contribution in [0.4, 0.5) is 10.1 Å². The summed E-state index contributed by atoms with van der Waals surface area (Å²) in [6.07, 6.45) is 1.43. The Bertz CT molecular complexity index is 1450. The number of nitrogens with zero attached hydrogens (tertiary/aromatic N) is 5. The van der Waals surface area contributed by atoms with Crippen molar-refractivity contribution < 1.29 is 13.7 Å². The van der Waals surface area contributed by atoms with E-state index in [-0.39, 0.29) is 29.6 Å². The second-order valence-corrected chi connectivity index (χ2v) is 8.03. The van der Waals surface area contributed by atoms with E-state index in [0.29, 0.717) is 37.4 Å². The van der Waals surface area contributed by atoms with Gasteiger partial charge in [-0.3, -0.25) is 9.59 Å². The highest BCUT2D eigenvalue weighted by atomic mass is 19.1. The number of anilines is 1. The van der Waals surface area contributed by atoms with Crippen molar-refractivity contribution in [3.05, 3.63) is 93.9 Å². The van der Waals surface area contributed by atoms with E-state index in [1.807, 2.05) is 29.2 Å². The van der Waals surface area contributed by atoms with Gasteiger partial charge in [-0.2, -0.15) is 5.26 Å². The van der Waals surface area contributed by atoms with Crippen molar-refractivity contribution in [2.24, 2.45) is 0 Å². The molecule has 2 aromatic heterocycles. The first kappa shape index (κ1) is 21.4. The van der Waals surface area contributed by atoms with E-state index < -0.39 is 5.56 Å². The van der Waals surface area contributed by atoms with Gasteiger partial charge in [0.25, 0.3) is 11.5 Å². The molecule has 0 saturated carbocycles. The fraction of sp³-hybridized carbons (Fsp3) is 0.200. The van der Waals surface area contributed by atoms with Crippen LogP contribution in [0, 0.1) is 17.1 Å². The van der Waals surface area contributed by atoms with Gasteiger partial charge < -0.3 is 18.9 Å². The smallest absolute Gasteiger partial charge is 0.292 e. The molecule has 0 N–H and O–H groups in total. The highest BCUT2D eigenvalue weighted by Crippen LogP contribution is 2.30. The normalized spacial score (nSPS) is 13.8. The van der Waals surface area contributed by atoms with Gasteiger partial charge in [0.05, 0.1) is 23.9 Å². The average Bonchev–Trinajstić information content (AvgIpc) is 3.41. The number of benzene rings is 2. The lowest BCUT2D eigenvalue weighted by molar-refractivity contribution is 0.0705. The first-order chi connectivity index (χ1) is 16.6. The van der Waals surface area contributed by atoms with Crippen molar-refractivity contribution in [2.45, 2.75) is 6.54 Å². The van der Waals surface area contributed by atoms with E-state index >= 15 is 0 Å². The van der Waals surface area contributed by atoms with E-state index in [9.17, 15) is 19.2 Å². The molecule has 3 heterocycles. The molecule has 0 atom stereocenters. The lowest BCUT2D eigenvalue weighted by Crippen LogP contribution is -2.49. The molecule has 0 aliphatic carbocycles. The number of hydrogen-bond donors (Lipinski definition) is 0. The fourth-order valence-electron chi connectivity index (χ4n) is 4.36. The van der Waals surface area contributed by atoms with E-state index in [2.05, 4.69) is 11.2 Å². The van der Waals surface area contributed by atoms with Crippen LogP contribution in [0.5, 0.6) is 0 Å². The summed E-state index contributed by atoms with van der Waals surface area (Å²) in [5.41, 5.74) is 1.66. The number of pyridine rings is 1. The molecule has 0 spiro atoms. The maximum atomic E-state index is 13.4. The van der Waals surface area contributed by atoms with Crippen LogP contribution < -0.4 is 10.5 Å². The Labute approximate surface area is 194 Å². The summed E-state index contributed by atoms with van der Waals surface area (Å²) in [7, 11) is 0. The molecule has 9 heteroatoms. The molecule has 4 aromatic rings. The van der Waals surface area contributed by atoms with Crippen molar-refractivity contribution in [1.29, 1.82) is 5.26 Å². The Morgan fingerprint density at radius 3 is 2.47 bits per heavy atom. The number of nitriles is 1. The number of hydrogen-bond acceptors (Lipinski definition) is 6. The second kappa shape index (κ2) is 8.83. The van der Waals surface area contributed by atoms with E-state index in [1.165, 1.54) is 24.4 Å². The van der Waals surface area contributed by atoms with Crippen LogP contribution in [0.1, 0.15) is 21.7 Å². The third-order valence-corrected chi connectivity index (χ3v) is 6.04. The van der Waals surface area contributed by atoms with Crippen LogP contribution in [-0.2, 0) is 6.54 Å². The Balaban J connectivity index is 1.51. The number of para-hydroxylation sites is 1. The largest absolute Gasteiger partial charge is 0.366 e. The number of aromatic nitrogens is 2. The van der Waals surface area contributed by atoms with Crippen molar-refractivity contribution in [2.75, 3.05) is 31.1 Å². The maximum Gasteiger partial charge on any atom is 0.292 e. The standard InChI is InChI=1S/C25H20FN5O3/c26-18-7-5-17(6-8-18)16-31-21-4-2-1-3-19(21)23(20(15-27)24(31)32)29-11-13-30(14-12-29)25(33)22-9-10-28-34-22/h1-10H,11-14,16H2. The zero-order valence-electron chi connectivity index (χ0n) is 18.1. The molecule has 1 saturated heterocycles. The van der Waals surface area contributed by atoms with Gasteiger partial charge in [-0.25, -0.2) is 4.39 Å². The third kappa shape index (κ3) is 3.79. The number of piperazine rings is 1. The van der Waals surface area contributed by atoms with Gasteiger partial charge >= 0.3 is 0 Å². The fourth-order valence-corrected chi connectivity index (χ4v) is 4.36. The molecule has 1 aliphatic heterocycles. The summed E-state index contributed by atoms with van der Waals surface area (Å²) < 4.78 is 19.9. The molecule has 34 heavy (non-hydrogen) atoms. The molecular formula is C25H20FN5O3. The van der Waals surface area contributed by atoms with Gasteiger partial charge in [0.15, 0.2) is 0 Å². The lowest BCUT2D eigenvalue weighted by atomic mass is 10.1. The molecule has 1 amide bonds. The van der Waals surface area contributed by atoms with Crippen molar-refractivity contribution in [3.63, 3.8) is 0 Å². The molecular weight excluding hydrogens is 437 g/mol. The molecule has 0 bridgehead atoms. The molecule has 1 aliphatic rings. The third-order valence-electron chi connectivity index (χ3n) is 6.04. The lowest BCUT2D eigenvalue weighted by Gasteiger charge is -2.36. The van der Waals surface area contributed by atoms with Crippen LogP contribution in [0.2, 0.25) is 0 Å². The first-order valence-corrected chi connectivity index (χ1v) is 10.8. The van der Waals surface area contributed by atoms with Gasteiger partial charge in [0, 0.05) is 37.6 Å². The highest BCUT2D eigenvalue weighted by Gasteiger charge is 2.28. The summed E-state index contributed by atoms with van der Waals surface area (Å²) in [6, 6.07) is 17.0. The average molecular weight is 457 g/mol. The number of fused-ring (bicyclic) bond motifs is 1. The van der Waals surface area contributed by atoms with E-state index in [4.69, 9.17) is 4.52 Å². The summed E-state index contributed by atoms with van der Waals surface area (Å²) in [6.45, 7) is 1.96. The minimum Gasteiger partial charge on any atom is -0.366 e. The van der Waals surface area contributed by atoms with Crippen LogP contribution in [0.15, 0.2) is 70.1 Å². The molecule has 2 aromatic carbocycles. The van der Waals surface area contributed by atoms with Gasteiger partial charge in [-0.05, 0) is 23.8 Å². The minimum atomic E-state index is -0.402. The van der Waals surface area contributed by atoms with Gasteiger partial charge in [-0.1, -0.05) is 35.5 Å². The molecule has 1 fully saturated rings. The Morgan fingerprint density at radius 1 is 1.06 bits per heavy atom. The summed E-state index contributed by atoms with van der Waals surface area (Å²) in [4.78, 5) is 29.7. The monoisotopic (exact) mass is 457 g/mol. The maximum absolute atomic E-state index is 13.4. The molecule has 0 unspecified atom stereocenters. The Kier molecular flexibility index (Phi) is 5.55.